The molecule has 0 aromatic heterocycles. The Morgan fingerprint density at radius 3 is 2.76 bits per heavy atom. The summed E-state index contributed by atoms with van der Waals surface area (Å²) in [5.74, 6) is -1.03. The topological polar surface area (TPSA) is 69.6 Å². The minimum Gasteiger partial charge on any atom is -0.481 e. The third kappa shape index (κ3) is 3.19. The number of hydrogen-bond donors (Lipinski definition) is 2. The molecule has 1 amide bonds. The number of carbonyl (C=O) groups excluding carboxylic acids is 1. The normalized spacial score (nSPS) is 28.7. The van der Waals surface area contributed by atoms with Crippen LogP contribution in [0.15, 0.2) is 0 Å². The number of rotatable bonds is 4. The van der Waals surface area contributed by atoms with Gasteiger partial charge in [-0.05, 0) is 25.8 Å². The standard InChI is InChI=1S/C12H20N2O3/c15-11(4-5-12(16)17)13-9-6-8-14-7-2-1-3-10(9)14/h9-10H,1-8H2,(H,13,15)(H,16,17). The van der Waals surface area contributed by atoms with E-state index in [1.807, 2.05) is 0 Å². The van der Waals surface area contributed by atoms with Crippen molar-refractivity contribution in [1.82, 2.24) is 10.2 Å². The van der Waals surface area contributed by atoms with E-state index in [9.17, 15) is 9.59 Å². The zero-order valence-electron chi connectivity index (χ0n) is 10.0. The van der Waals surface area contributed by atoms with Crippen LogP contribution >= 0.6 is 0 Å². The van der Waals surface area contributed by atoms with Gasteiger partial charge in [0.1, 0.15) is 0 Å². The highest BCUT2D eigenvalue weighted by atomic mass is 16.4. The number of nitrogens with zero attached hydrogens (tertiary/aromatic N) is 1. The molecule has 0 aromatic carbocycles. The number of carboxylic acid groups (broad SMARTS) is 1. The predicted molar refractivity (Wildman–Crippen MR) is 62.6 cm³/mol. The number of piperidine rings is 1. The largest absolute Gasteiger partial charge is 0.481 e. The van der Waals surface area contributed by atoms with E-state index < -0.39 is 5.97 Å². The molecule has 0 aliphatic carbocycles. The molecule has 96 valence electrons. The first-order chi connectivity index (χ1) is 8.16. The van der Waals surface area contributed by atoms with Gasteiger partial charge in [0.2, 0.25) is 5.91 Å². The molecule has 0 spiro atoms. The molecule has 0 aromatic rings. The van der Waals surface area contributed by atoms with Gasteiger partial charge in [-0.15, -0.1) is 0 Å². The Morgan fingerprint density at radius 1 is 1.18 bits per heavy atom. The molecule has 5 nitrogen and oxygen atoms in total. The number of hydrogen-bond acceptors (Lipinski definition) is 3. The maximum atomic E-state index is 11.6. The third-order valence-corrected chi connectivity index (χ3v) is 3.77. The van der Waals surface area contributed by atoms with Crippen LogP contribution in [0, 0.1) is 0 Å². The maximum absolute atomic E-state index is 11.6. The highest BCUT2D eigenvalue weighted by Crippen LogP contribution is 2.27. The molecule has 2 heterocycles. The summed E-state index contributed by atoms with van der Waals surface area (Å²) in [5, 5.41) is 11.5. The van der Waals surface area contributed by atoms with Crippen molar-refractivity contribution in [3.05, 3.63) is 0 Å². The molecule has 2 saturated heterocycles. The lowest BCUT2D eigenvalue weighted by Crippen LogP contribution is -2.46. The van der Waals surface area contributed by atoms with Crippen LogP contribution in [0.4, 0.5) is 0 Å². The van der Waals surface area contributed by atoms with Gasteiger partial charge >= 0.3 is 5.97 Å². The third-order valence-electron chi connectivity index (χ3n) is 3.77. The van der Waals surface area contributed by atoms with Crippen LogP contribution in [-0.4, -0.2) is 47.1 Å². The SMILES string of the molecule is O=C(O)CCC(=O)NC1CCN2CCCCC12. The molecule has 0 bridgehead atoms. The van der Waals surface area contributed by atoms with Crippen molar-refractivity contribution in [1.29, 1.82) is 0 Å². The van der Waals surface area contributed by atoms with Gasteiger partial charge in [-0.1, -0.05) is 6.42 Å². The summed E-state index contributed by atoms with van der Waals surface area (Å²) in [4.78, 5) is 24.4. The molecule has 2 fully saturated rings. The van der Waals surface area contributed by atoms with Crippen molar-refractivity contribution in [3.8, 4) is 0 Å². The van der Waals surface area contributed by atoms with Gasteiger partial charge in [0.15, 0.2) is 0 Å². The Labute approximate surface area is 101 Å². The lowest BCUT2D eigenvalue weighted by atomic mass is 9.99. The summed E-state index contributed by atoms with van der Waals surface area (Å²) < 4.78 is 0. The highest BCUT2D eigenvalue weighted by molar-refractivity contribution is 5.80. The number of amides is 1. The molecule has 5 heteroatoms. The molecule has 2 aliphatic heterocycles. The van der Waals surface area contributed by atoms with Gasteiger partial charge in [0.05, 0.1) is 6.42 Å². The van der Waals surface area contributed by atoms with Crippen molar-refractivity contribution >= 4 is 11.9 Å². The average Bonchev–Trinajstić information content (AvgIpc) is 2.70. The van der Waals surface area contributed by atoms with Crippen molar-refractivity contribution in [2.75, 3.05) is 13.1 Å². The first kappa shape index (κ1) is 12.4. The lowest BCUT2D eigenvalue weighted by molar-refractivity contribution is -0.139. The number of fused-ring (bicyclic) bond motifs is 1. The van der Waals surface area contributed by atoms with Crippen molar-refractivity contribution in [2.24, 2.45) is 0 Å². The van der Waals surface area contributed by atoms with E-state index in [0.29, 0.717) is 6.04 Å². The fraction of sp³-hybridized carbons (Fsp3) is 0.833. The Bertz CT molecular complexity index is 306. The van der Waals surface area contributed by atoms with Gasteiger partial charge in [0.25, 0.3) is 0 Å². The lowest BCUT2D eigenvalue weighted by Gasteiger charge is -2.32. The quantitative estimate of drug-likeness (QED) is 0.754. The van der Waals surface area contributed by atoms with Crippen LogP contribution in [0.1, 0.15) is 38.5 Å². The summed E-state index contributed by atoms with van der Waals surface area (Å²) in [6.45, 7) is 2.21. The second-order valence-electron chi connectivity index (χ2n) is 4.96. The van der Waals surface area contributed by atoms with E-state index in [0.717, 1.165) is 25.9 Å². The van der Waals surface area contributed by atoms with Crippen LogP contribution < -0.4 is 5.32 Å². The first-order valence-electron chi connectivity index (χ1n) is 6.42. The van der Waals surface area contributed by atoms with Crippen LogP contribution in [0.5, 0.6) is 0 Å². The molecule has 2 atom stereocenters. The van der Waals surface area contributed by atoms with E-state index in [4.69, 9.17) is 5.11 Å². The van der Waals surface area contributed by atoms with Crippen molar-refractivity contribution in [3.63, 3.8) is 0 Å². The molecular weight excluding hydrogens is 220 g/mol. The molecule has 17 heavy (non-hydrogen) atoms. The van der Waals surface area contributed by atoms with Crippen LogP contribution in [0.25, 0.3) is 0 Å². The monoisotopic (exact) mass is 240 g/mol. The van der Waals surface area contributed by atoms with Crippen LogP contribution in [-0.2, 0) is 9.59 Å². The van der Waals surface area contributed by atoms with Gasteiger partial charge in [-0.25, -0.2) is 0 Å². The second kappa shape index (κ2) is 5.49. The number of aliphatic carboxylic acids is 1. The molecule has 2 N–H and O–H groups in total. The zero-order chi connectivity index (χ0) is 12.3. The Kier molecular flexibility index (Phi) is 3.99. The van der Waals surface area contributed by atoms with E-state index >= 15 is 0 Å². The van der Waals surface area contributed by atoms with Gasteiger partial charge in [-0.2, -0.15) is 0 Å². The molecule has 2 aliphatic rings. The minimum absolute atomic E-state index is 0.0765. The van der Waals surface area contributed by atoms with E-state index in [-0.39, 0.29) is 24.8 Å². The Hall–Kier alpha value is -1.10. The molecule has 0 saturated carbocycles. The van der Waals surface area contributed by atoms with E-state index in [1.165, 1.54) is 12.8 Å². The fourth-order valence-electron chi connectivity index (χ4n) is 2.92. The summed E-state index contributed by atoms with van der Waals surface area (Å²) in [6, 6.07) is 0.717. The summed E-state index contributed by atoms with van der Waals surface area (Å²) in [7, 11) is 0. The van der Waals surface area contributed by atoms with E-state index in [1.54, 1.807) is 0 Å². The maximum Gasteiger partial charge on any atom is 0.303 e. The predicted octanol–water partition coefficient (Wildman–Crippen LogP) is 0.594. The van der Waals surface area contributed by atoms with Gasteiger partial charge in [0, 0.05) is 25.0 Å². The average molecular weight is 240 g/mol. The second-order valence-corrected chi connectivity index (χ2v) is 4.96. The smallest absolute Gasteiger partial charge is 0.303 e. The summed E-state index contributed by atoms with van der Waals surface area (Å²) >= 11 is 0. The summed E-state index contributed by atoms with van der Waals surface area (Å²) in [5.41, 5.74) is 0. The van der Waals surface area contributed by atoms with E-state index in [2.05, 4.69) is 10.2 Å². The number of carboxylic acids is 1. The number of carbonyl (C=O) groups is 2. The minimum atomic E-state index is -0.911. The molecule has 0 radical (unpaired) electrons. The van der Waals surface area contributed by atoms with Crippen LogP contribution in [0.3, 0.4) is 0 Å². The van der Waals surface area contributed by atoms with Crippen molar-refractivity contribution < 1.29 is 14.7 Å². The van der Waals surface area contributed by atoms with Gasteiger partial charge in [-0.3, -0.25) is 14.5 Å². The number of nitrogens with one attached hydrogen (secondary N) is 1. The molecule has 2 unspecified atom stereocenters. The first-order valence-corrected chi connectivity index (χ1v) is 6.42. The fourth-order valence-corrected chi connectivity index (χ4v) is 2.92. The highest BCUT2D eigenvalue weighted by Gasteiger charge is 2.35. The van der Waals surface area contributed by atoms with Crippen molar-refractivity contribution in [2.45, 2.75) is 50.6 Å². The Balaban J connectivity index is 1.78. The van der Waals surface area contributed by atoms with Crippen LogP contribution in [0.2, 0.25) is 0 Å². The summed E-state index contributed by atoms with van der Waals surface area (Å²) in [6.07, 6.45) is 4.68. The molecular formula is C12H20N2O3. The molecule has 2 rings (SSSR count). The Morgan fingerprint density at radius 2 is 2.00 bits per heavy atom. The zero-order valence-corrected chi connectivity index (χ0v) is 10.0. The van der Waals surface area contributed by atoms with Gasteiger partial charge < -0.3 is 10.4 Å².